The fraction of sp³-hybridized carbons (Fsp3) is 0. The van der Waals surface area contributed by atoms with E-state index in [1.807, 2.05) is 0 Å². The molecule has 2 aromatic rings. The minimum Gasteiger partial charge on any atom is -0.258 e. The van der Waals surface area contributed by atoms with Crippen LogP contribution in [0.1, 0.15) is 11.1 Å². The summed E-state index contributed by atoms with van der Waals surface area (Å²) in [7, 11) is 0. The molecular weight excluding hydrogens is 298 g/mol. The number of hydrogen-bond acceptors (Lipinski definition) is 4. The Bertz CT molecular complexity index is 773. The van der Waals surface area contributed by atoms with Crippen LogP contribution in [0.4, 0.5) is 20.2 Å². The molecule has 0 aliphatic heterocycles. The van der Waals surface area contributed by atoms with Crippen LogP contribution in [0.25, 0.3) is 0 Å². The van der Waals surface area contributed by atoms with E-state index in [4.69, 9.17) is 0 Å². The minimum atomic E-state index is -0.993. The van der Waals surface area contributed by atoms with Crippen LogP contribution in [-0.4, -0.2) is 9.85 Å². The largest absolute Gasteiger partial charge is 0.306 e. The summed E-state index contributed by atoms with van der Waals surface area (Å²) in [4.78, 5) is 19.4. The van der Waals surface area contributed by atoms with Crippen LogP contribution < -0.4 is 0 Å². The number of hydrogen-bond donors (Lipinski definition) is 0. The van der Waals surface area contributed by atoms with Gasteiger partial charge in [-0.15, -0.1) is 0 Å². The summed E-state index contributed by atoms with van der Waals surface area (Å²) in [6.45, 7) is 0. The second-order valence-corrected chi connectivity index (χ2v) is 4.10. The van der Waals surface area contributed by atoms with E-state index in [2.05, 4.69) is 11.8 Å². The van der Waals surface area contributed by atoms with Crippen LogP contribution in [0.2, 0.25) is 0 Å². The van der Waals surface area contributed by atoms with E-state index in [1.165, 1.54) is 12.1 Å². The van der Waals surface area contributed by atoms with Crippen molar-refractivity contribution in [2.75, 3.05) is 0 Å². The molecule has 0 spiro atoms. The molecule has 0 bridgehead atoms. The molecule has 0 N–H and O–H groups in total. The Morgan fingerprint density at radius 1 is 0.773 bits per heavy atom. The highest BCUT2D eigenvalue weighted by Gasteiger charge is 2.14. The molecule has 2 aromatic carbocycles. The van der Waals surface area contributed by atoms with Crippen LogP contribution in [0.3, 0.4) is 0 Å². The first-order chi connectivity index (χ1) is 10.4. The Balaban J connectivity index is 2.39. The number of halogens is 2. The maximum absolute atomic E-state index is 13.2. The van der Waals surface area contributed by atoms with E-state index in [9.17, 15) is 29.0 Å². The van der Waals surface area contributed by atoms with Crippen molar-refractivity contribution >= 4 is 11.4 Å². The van der Waals surface area contributed by atoms with Crippen molar-refractivity contribution in [1.82, 2.24) is 0 Å². The Kier molecular flexibility index (Phi) is 4.08. The van der Waals surface area contributed by atoms with E-state index in [0.29, 0.717) is 0 Å². The predicted octanol–water partition coefficient (Wildman–Crippen LogP) is 3.18. The standard InChI is InChI=1S/C14H6F2N2O4/c15-11-5-3-9(7-13(11)17(19)20)1-2-10-4-6-12(16)14(8-10)18(21)22/h3-8H. The fourth-order valence-corrected chi connectivity index (χ4v) is 1.61. The van der Waals surface area contributed by atoms with Crippen molar-refractivity contribution in [3.05, 3.63) is 79.4 Å². The van der Waals surface area contributed by atoms with Gasteiger partial charge in [0.2, 0.25) is 11.6 Å². The summed E-state index contributed by atoms with van der Waals surface area (Å²) < 4.78 is 26.3. The van der Waals surface area contributed by atoms with E-state index in [0.717, 1.165) is 24.3 Å². The maximum Gasteiger partial charge on any atom is 0.306 e. The molecule has 6 nitrogen and oxygen atoms in total. The van der Waals surface area contributed by atoms with Gasteiger partial charge in [-0.25, -0.2) is 0 Å². The lowest BCUT2D eigenvalue weighted by molar-refractivity contribution is -0.387. The molecule has 0 saturated heterocycles. The van der Waals surface area contributed by atoms with Gasteiger partial charge in [0.25, 0.3) is 0 Å². The highest BCUT2D eigenvalue weighted by Crippen LogP contribution is 2.19. The Morgan fingerprint density at radius 2 is 1.14 bits per heavy atom. The third-order valence-corrected chi connectivity index (χ3v) is 2.64. The quantitative estimate of drug-likeness (QED) is 0.484. The molecule has 0 aliphatic rings. The van der Waals surface area contributed by atoms with Crippen molar-refractivity contribution in [2.24, 2.45) is 0 Å². The van der Waals surface area contributed by atoms with Gasteiger partial charge in [0.15, 0.2) is 0 Å². The monoisotopic (exact) mass is 304 g/mol. The molecule has 110 valence electrons. The van der Waals surface area contributed by atoms with Gasteiger partial charge in [-0.3, -0.25) is 20.2 Å². The topological polar surface area (TPSA) is 86.3 Å². The first kappa shape index (κ1) is 15.1. The van der Waals surface area contributed by atoms with Crippen molar-refractivity contribution in [1.29, 1.82) is 0 Å². The summed E-state index contributed by atoms with van der Waals surface area (Å²) >= 11 is 0. The van der Waals surface area contributed by atoms with Crippen LogP contribution in [0.5, 0.6) is 0 Å². The van der Waals surface area contributed by atoms with Crippen LogP contribution in [0, 0.1) is 43.7 Å². The lowest BCUT2D eigenvalue weighted by Gasteiger charge is -1.96. The first-order valence-electron chi connectivity index (χ1n) is 5.78. The molecule has 0 aromatic heterocycles. The van der Waals surface area contributed by atoms with Crippen molar-refractivity contribution in [3.63, 3.8) is 0 Å². The summed E-state index contributed by atoms with van der Waals surface area (Å²) in [5.41, 5.74) is -1.14. The Morgan fingerprint density at radius 3 is 1.45 bits per heavy atom. The molecular formula is C14H6F2N2O4. The smallest absolute Gasteiger partial charge is 0.258 e. The lowest BCUT2D eigenvalue weighted by Crippen LogP contribution is -1.93. The third kappa shape index (κ3) is 3.21. The zero-order valence-corrected chi connectivity index (χ0v) is 10.7. The minimum absolute atomic E-state index is 0.153. The molecule has 0 amide bonds. The summed E-state index contributed by atoms with van der Waals surface area (Å²) in [5.74, 6) is 3.02. The van der Waals surface area contributed by atoms with Gasteiger partial charge in [0, 0.05) is 23.3 Å². The molecule has 0 unspecified atom stereocenters. The average Bonchev–Trinajstić information content (AvgIpc) is 2.47. The fourth-order valence-electron chi connectivity index (χ4n) is 1.61. The van der Waals surface area contributed by atoms with Crippen molar-refractivity contribution in [2.45, 2.75) is 0 Å². The zero-order valence-electron chi connectivity index (χ0n) is 10.7. The molecule has 8 heteroatoms. The molecule has 2 rings (SSSR count). The molecule has 0 radical (unpaired) electrons. The second-order valence-electron chi connectivity index (χ2n) is 4.10. The van der Waals surface area contributed by atoms with Crippen LogP contribution in [-0.2, 0) is 0 Å². The number of nitro benzene ring substituents is 2. The van der Waals surface area contributed by atoms with E-state index in [-0.39, 0.29) is 11.1 Å². The van der Waals surface area contributed by atoms with Gasteiger partial charge in [-0.2, -0.15) is 8.78 Å². The summed E-state index contributed by atoms with van der Waals surface area (Å²) in [5, 5.41) is 21.2. The second kappa shape index (κ2) is 5.97. The van der Waals surface area contributed by atoms with Crippen LogP contribution >= 0.6 is 0 Å². The molecule has 0 aliphatic carbocycles. The van der Waals surface area contributed by atoms with E-state index >= 15 is 0 Å². The molecule has 0 heterocycles. The highest BCUT2D eigenvalue weighted by molar-refractivity contribution is 5.50. The van der Waals surface area contributed by atoms with E-state index < -0.39 is 32.9 Å². The van der Waals surface area contributed by atoms with Gasteiger partial charge in [-0.05, 0) is 24.3 Å². The Hall–Kier alpha value is -3.34. The van der Waals surface area contributed by atoms with Gasteiger partial charge >= 0.3 is 11.4 Å². The molecule has 0 saturated carbocycles. The van der Waals surface area contributed by atoms with Crippen LogP contribution in [0.15, 0.2) is 36.4 Å². The SMILES string of the molecule is O=[N+]([O-])c1cc(C#Cc2ccc(F)c([N+](=O)[O-])c2)ccc1F. The number of rotatable bonds is 2. The van der Waals surface area contributed by atoms with Crippen molar-refractivity contribution in [3.8, 4) is 11.8 Å². The lowest BCUT2D eigenvalue weighted by atomic mass is 10.1. The number of nitrogens with zero attached hydrogens (tertiary/aromatic N) is 2. The van der Waals surface area contributed by atoms with E-state index in [1.54, 1.807) is 0 Å². The van der Waals surface area contributed by atoms with Crippen molar-refractivity contribution < 1.29 is 18.6 Å². The maximum atomic E-state index is 13.2. The average molecular weight is 304 g/mol. The number of nitro groups is 2. The Labute approximate surface area is 122 Å². The molecule has 22 heavy (non-hydrogen) atoms. The predicted molar refractivity (Wildman–Crippen MR) is 72.1 cm³/mol. The van der Waals surface area contributed by atoms with Gasteiger partial charge in [0.05, 0.1) is 9.85 Å². The summed E-state index contributed by atoms with van der Waals surface area (Å²) in [6, 6.07) is 6.14. The first-order valence-corrected chi connectivity index (χ1v) is 5.78. The molecule has 0 fully saturated rings. The zero-order chi connectivity index (χ0) is 16.3. The van der Waals surface area contributed by atoms with Gasteiger partial charge < -0.3 is 0 Å². The highest BCUT2D eigenvalue weighted by atomic mass is 19.1. The third-order valence-electron chi connectivity index (χ3n) is 2.64. The summed E-state index contributed by atoms with van der Waals surface area (Å²) in [6.07, 6.45) is 0. The number of benzene rings is 2. The normalized spacial score (nSPS) is 9.73. The van der Waals surface area contributed by atoms with Gasteiger partial charge in [-0.1, -0.05) is 11.8 Å². The van der Waals surface area contributed by atoms with Gasteiger partial charge in [0.1, 0.15) is 0 Å². The molecule has 0 atom stereocenters.